The van der Waals surface area contributed by atoms with Crippen LogP contribution in [0.4, 0.5) is 0 Å². The molecular formula is C13H28N2O. The number of rotatable bonds is 7. The molecule has 1 rings (SSSR count). The Morgan fingerprint density at radius 2 is 2.00 bits per heavy atom. The van der Waals surface area contributed by atoms with E-state index in [9.17, 15) is 0 Å². The van der Waals surface area contributed by atoms with Crippen LogP contribution in [0.15, 0.2) is 0 Å². The van der Waals surface area contributed by atoms with Gasteiger partial charge in [0.1, 0.15) is 0 Å². The van der Waals surface area contributed by atoms with Crippen molar-refractivity contribution in [1.29, 1.82) is 0 Å². The fourth-order valence-electron chi connectivity index (χ4n) is 2.53. The highest BCUT2D eigenvalue weighted by atomic mass is 16.5. The van der Waals surface area contributed by atoms with Gasteiger partial charge in [-0.1, -0.05) is 20.3 Å². The van der Waals surface area contributed by atoms with E-state index in [4.69, 9.17) is 4.74 Å². The molecule has 1 aliphatic heterocycles. The summed E-state index contributed by atoms with van der Waals surface area (Å²) in [5.74, 6) is 0. The molecule has 96 valence electrons. The summed E-state index contributed by atoms with van der Waals surface area (Å²) in [6, 6.07) is 0.725. The first-order valence-corrected chi connectivity index (χ1v) is 6.79. The van der Waals surface area contributed by atoms with Gasteiger partial charge >= 0.3 is 0 Å². The molecule has 1 fully saturated rings. The summed E-state index contributed by atoms with van der Waals surface area (Å²) >= 11 is 0. The topological polar surface area (TPSA) is 24.5 Å². The maximum absolute atomic E-state index is 5.42. The smallest absolute Gasteiger partial charge is 0.0595 e. The lowest BCUT2D eigenvalue weighted by Crippen LogP contribution is -2.47. The number of methoxy groups -OCH3 is 1. The third-order valence-electron chi connectivity index (χ3n) is 3.58. The SMILES string of the molecule is CCCC(CNCC)N1CCC(OC)CC1. The second-order valence-corrected chi connectivity index (χ2v) is 4.72. The van der Waals surface area contributed by atoms with Crippen LogP contribution in [0, 0.1) is 0 Å². The molecule has 0 spiro atoms. The number of likely N-dealkylation sites (N-methyl/N-ethyl adjacent to an activating group) is 1. The number of hydrogen-bond donors (Lipinski definition) is 1. The maximum atomic E-state index is 5.42. The van der Waals surface area contributed by atoms with Crippen LogP contribution in [0.25, 0.3) is 0 Å². The molecule has 1 unspecified atom stereocenters. The molecule has 0 aromatic rings. The highest BCUT2D eigenvalue weighted by Gasteiger charge is 2.23. The summed E-state index contributed by atoms with van der Waals surface area (Å²) in [5, 5.41) is 3.48. The lowest BCUT2D eigenvalue weighted by atomic mass is 10.0. The number of ether oxygens (including phenoxy) is 1. The Morgan fingerprint density at radius 1 is 1.31 bits per heavy atom. The Bertz CT molecular complexity index is 167. The van der Waals surface area contributed by atoms with Gasteiger partial charge < -0.3 is 10.1 Å². The molecule has 0 aromatic carbocycles. The van der Waals surface area contributed by atoms with Crippen molar-refractivity contribution in [2.24, 2.45) is 0 Å². The van der Waals surface area contributed by atoms with E-state index in [-0.39, 0.29) is 0 Å². The Labute approximate surface area is 101 Å². The van der Waals surface area contributed by atoms with Gasteiger partial charge in [0.2, 0.25) is 0 Å². The predicted octanol–water partition coefficient (Wildman–Crippen LogP) is 1.88. The molecule has 0 bridgehead atoms. The minimum Gasteiger partial charge on any atom is -0.381 e. The van der Waals surface area contributed by atoms with Gasteiger partial charge in [0, 0.05) is 32.8 Å². The maximum Gasteiger partial charge on any atom is 0.0595 e. The summed E-state index contributed by atoms with van der Waals surface area (Å²) in [7, 11) is 1.84. The second kappa shape index (κ2) is 8.04. The van der Waals surface area contributed by atoms with E-state index in [1.807, 2.05) is 7.11 Å². The van der Waals surface area contributed by atoms with Crippen LogP contribution in [-0.4, -0.2) is 50.3 Å². The standard InChI is InChI=1S/C13H28N2O/c1-4-6-12(11-14-5-2)15-9-7-13(16-3)8-10-15/h12-14H,4-11H2,1-3H3. The molecule has 1 N–H and O–H groups in total. The molecule has 1 atom stereocenters. The van der Waals surface area contributed by atoms with Gasteiger partial charge in [-0.3, -0.25) is 4.90 Å². The highest BCUT2D eigenvalue weighted by molar-refractivity contribution is 4.79. The predicted molar refractivity (Wildman–Crippen MR) is 68.8 cm³/mol. The van der Waals surface area contributed by atoms with Gasteiger partial charge in [-0.2, -0.15) is 0 Å². The number of piperidine rings is 1. The highest BCUT2D eigenvalue weighted by Crippen LogP contribution is 2.17. The minimum absolute atomic E-state index is 0.498. The third kappa shape index (κ3) is 4.40. The van der Waals surface area contributed by atoms with Crippen LogP contribution in [0.1, 0.15) is 39.5 Å². The molecule has 0 radical (unpaired) electrons. The summed E-state index contributed by atoms with van der Waals surface area (Å²) in [6.07, 6.45) is 5.48. The van der Waals surface area contributed by atoms with Crippen molar-refractivity contribution < 1.29 is 4.74 Å². The van der Waals surface area contributed by atoms with Gasteiger partial charge in [0.25, 0.3) is 0 Å². The van der Waals surface area contributed by atoms with Crippen LogP contribution >= 0.6 is 0 Å². The van der Waals surface area contributed by atoms with E-state index < -0.39 is 0 Å². The lowest BCUT2D eigenvalue weighted by molar-refractivity contribution is 0.0258. The molecule has 0 saturated carbocycles. The first-order chi connectivity index (χ1) is 7.81. The molecule has 16 heavy (non-hydrogen) atoms. The first kappa shape index (κ1) is 13.9. The first-order valence-electron chi connectivity index (χ1n) is 6.79. The van der Waals surface area contributed by atoms with E-state index in [0.717, 1.165) is 19.1 Å². The van der Waals surface area contributed by atoms with Gasteiger partial charge in [-0.15, -0.1) is 0 Å². The fraction of sp³-hybridized carbons (Fsp3) is 1.00. The largest absolute Gasteiger partial charge is 0.381 e. The number of nitrogens with zero attached hydrogens (tertiary/aromatic N) is 1. The Morgan fingerprint density at radius 3 is 2.50 bits per heavy atom. The van der Waals surface area contributed by atoms with Crippen molar-refractivity contribution in [1.82, 2.24) is 10.2 Å². The average Bonchev–Trinajstić information content (AvgIpc) is 2.35. The average molecular weight is 228 g/mol. The monoisotopic (exact) mass is 228 g/mol. The zero-order valence-electron chi connectivity index (χ0n) is 11.2. The molecule has 3 heteroatoms. The van der Waals surface area contributed by atoms with Crippen LogP contribution in [0.2, 0.25) is 0 Å². The summed E-state index contributed by atoms with van der Waals surface area (Å²) < 4.78 is 5.42. The second-order valence-electron chi connectivity index (χ2n) is 4.72. The van der Waals surface area contributed by atoms with Gasteiger partial charge in [-0.25, -0.2) is 0 Å². The van der Waals surface area contributed by atoms with Crippen molar-refractivity contribution in [2.75, 3.05) is 33.3 Å². The van der Waals surface area contributed by atoms with E-state index in [1.54, 1.807) is 0 Å². The summed E-state index contributed by atoms with van der Waals surface area (Å²) in [5.41, 5.74) is 0. The van der Waals surface area contributed by atoms with Crippen LogP contribution in [0.5, 0.6) is 0 Å². The van der Waals surface area contributed by atoms with E-state index in [0.29, 0.717) is 6.10 Å². The van der Waals surface area contributed by atoms with Crippen LogP contribution in [-0.2, 0) is 4.74 Å². The zero-order chi connectivity index (χ0) is 11.8. The molecule has 0 aromatic heterocycles. The normalized spacial score (nSPS) is 21.2. The Hall–Kier alpha value is -0.120. The van der Waals surface area contributed by atoms with Gasteiger partial charge in [0.05, 0.1) is 6.10 Å². The zero-order valence-corrected chi connectivity index (χ0v) is 11.2. The summed E-state index contributed by atoms with van der Waals surface area (Å²) in [4.78, 5) is 2.64. The Balaban J connectivity index is 2.33. The van der Waals surface area contributed by atoms with Crippen molar-refractivity contribution in [3.05, 3.63) is 0 Å². The van der Waals surface area contributed by atoms with Gasteiger partial charge in [-0.05, 0) is 25.8 Å². The number of nitrogens with one attached hydrogen (secondary N) is 1. The number of hydrogen-bond acceptors (Lipinski definition) is 3. The van der Waals surface area contributed by atoms with Gasteiger partial charge in [0.15, 0.2) is 0 Å². The lowest BCUT2D eigenvalue weighted by Gasteiger charge is -2.37. The molecule has 1 aliphatic rings. The van der Waals surface area contributed by atoms with Crippen LogP contribution < -0.4 is 5.32 Å². The molecule has 1 saturated heterocycles. The quantitative estimate of drug-likeness (QED) is 0.720. The van der Waals surface area contributed by atoms with Crippen LogP contribution in [0.3, 0.4) is 0 Å². The Kier molecular flexibility index (Phi) is 7.01. The van der Waals surface area contributed by atoms with Crippen molar-refractivity contribution >= 4 is 0 Å². The van der Waals surface area contributed by atoms with Crippen molar-refractivity contribution in [2.45, 2.75) is 51.7 Å². The van der Waals surface area contributed by atoms with Crippen molar-refractivity contribution in [3.63, 3.8) is 0 Å². The fourth-order valence-corrected chi connectivity index (χ4v) is 2.53. The van der Waals surface area contributed by atoms with E-state index in [2.05, 4.69) is 24.1 Å². The van der Waals surface area contributed by atoms with E-state index >= 15 is 0 Å². The molecule has 3 nitrogen and oxygen atoms in total. The van der Waals surface area contributed by atoms with Crippen molar-refractivity contribution in [3.8, 4) is 0 Å². The molecular weight excluding hydrogens is 200 g/mol. The molecule has 1 heterocycles. The minimum atomic E-state index is 0.498. The van der Waals surface area contributed by atoms with E-state index in [1.165, 1.54) is 38.8 Å². The molecule has 0 aliphatic carbocycles. The third-order valence-corrected chi connectivity index (χ3v) is 3.58. The summed E-state index contributed by atoms with van der Waals surface area (Å²) in [6.45, 7) is 9.08. The molecule has 0 amide bonds. The number of likely N-dealkylation sites (tertiary alicyclic amines) is 1.